The van der Waals surface area contributed by atoms with Crippen LogP contribution in [0.5, 0.6) is 0 Å². The number of sulfonamides is 1. The Morgan fingerprint density at radius 3 is 2.67 bits per heavy atom. The number of aromatic nitrogens is 1. The Bertz CT molecular complexity index is 488. The lowest BCUT2D eigenvalue weighted by molar-refractivity contribution is 0.157. The number of methoxy groups -OCH3 is 1. The molecule has 7 heteroatoms. The zero-order valence-corrected chi connectivity index (χ0v) is 11.6. The van der Waals surface area contributed by atoms with Gasteiger partial charge in [-0.2, -0.15) is 0 Å². The highest BCUT2D eigenvalue weighted by atomic mass is 32.2. The van der Waals surface area contributed by atoms with Gasteiger partial charge in [0.2, 0.25) is 10.0 Å². The van der Waals surface area contributed by atoms with Crippen molar-refractivity contribution in [2.24, 2.45) is 5.92 Å². The largest absolute Gasteiger partial charge is 0.384 e. The standard InChI is InChI=1S/C11H19N3O3S/c1-8(2)10(7-17-3)14-18(15,16)9-4-5-13-11(12)6-9/h4-6,8,10,14H,7H2,1-3H3,(H2,12,13). The summed E-state index contributed by atoms with van der Waals surface area (Å²) in [5.74, 6) is 0.296. The van der Waals surface area contributed by atoms with Crippen molar-refractivity contribution in [3.8, 4) is 0 Å². The maximum absolute atomic E-state index is 12.1. The molecule has 0 aliphatic carbocycles. The number of nitrogens with two attached hydrogens (primary N) is 1. The van der Waals surface area contributed by atoms with Crippen molar-refractivity contribution in [2.45, 2.75) is 24.8 Å². The van der Waals surface area contributed by atoms with Crippen LogP contribution >= 0.6 is 0 Å². The van der Waals surface area contributed by atoms with Gasteiger partial charge in [0, 0.05) is 25.4 Å². The highest BCUT2D eigenvalue weighted by Crippen LogP contribution is 2.13. The Morgan fingerprint density at radius 1 is 1.50 bits per heavy atom. The second-order valence-electron chi connectivity index (χ2n) is 4.34. The van der Waals surface area contributed by atoms with Crippen LogP contribution in [0.4, 0.5) is 5.82 Å². The summed E-state index contributed by atoms with van der Waals surface area (Å²) in [7, 11) is -2.06. The minimum atomic E-state index is -3.60. The van der Waals surface area contributed by atoms with E-state index in [-0.39, 0.29) is 22.7 Å². The van der Waals surface area contributed by atoms with E-state index in [1.54, 1.807) is 0 Å². The molecule has 6 nitrogen and oxygen atoms in total. The van der Waals surface area contributed by atoms with E-state index in [4.69, 9.17) is 10.5 Å². The molecule has 1 heterocycles. The third-order valence-electron chi connectivity index (χ3n) is 2.52. The number of ether oxygens (including phenoxy) is 1. The zero-order valence-electron chi connectivity index (χ0n) is 10.8. The molecule has 1 unspecified atom stereocenters. The number of rotatable bonds is 6. The predicted molar refractivity (Wildman–Crippen MR) is 69.5 cm³/mol. The number of nitrogens with one attached hydrogen (secondary N) is 1. The van der Waals surface area contributed by atoms with Crippen LogP contribution in [0, 0.1) is 5.92 Å². The normalized spacial score (nSPS) is 13.8. The van der Waals surface area contributed by atoms with Crippen molar-refractivity contribution >= 4 is 15.8 Å². The van der Waals surface area contributed by atoms with Gasteiger partial charge in [0.1, 0.15) is 5.82 Å². The summed E-state index contributed by atoms with van der Waals surface area (Å²) in [5, 5.41) is 0. The van der Waals surface area contributed by atoms with Gasteiger partial charge in [-0.25, -0.2) is 18.1 Å². The first-order chi connectivity index (χ1) is 8.36. The number of hydrogen-bond donors (Lipinski definition) is 2. The van der Waals surface area contributed by atoms with Crippen molar-refractivity contribution in [1.29, 1.82) is 0 Å². The molecule has 102 valence electrons. The van der Waals surface area contributed by atoms with Gasteiger partial charge in [-0.05, 0) is 12.0 Å². The molecule has 0 bridgehead atoms. The quantitative estimate of drug-likeness (QED) is 0.792. The molecule has 0 aliphatic rings. The molecule has 0 aromatic carbocycles. The zero-order chi connectivity index (χ0) is 13.8. The molecule has 0 saturated heterocycles. The molecule has 0 spiro atoms. The average molecular weight is 273 g/mol. The summed E-state index contributed by atoms with van der Waals surface area (Å²) in [4.78, 5) is 3.87. The maximum Gasteiger partial charge on any atom is 0.241 e. The Kier molecular flexibility index (Phi) is 5.06. The lowest BCUT2D eigenvalue weighted by Crippen LogP contribution is -2.41. The second kappa shape index (κ2) is 6.12. The first-order valence-electron chi connectivity index (χ1n) is 5.59. The van der Waals surface area contributed by atoms with Crippen molar-refractivity contribution < 1.29 is 13.2 Å². The van der Waals surface area contributed by atoms with Crippen LogP contribution in [-0.2, 0) is 14.8 Å². The van der Waals surface area contributed by atoms with E-state index in [0.717, 1.165) is 0 Å². The highest BCUT2D eigenvalue weighted by Gasteiger charge is 2.22. The minimum absolute atomic E-state index is 0.108. The van der Waals surface area contributed by atoms with Gasteiger partial charge >= 0.3 is 0 Å². The Labute approximate surface area is 108 Å². The van der Waals surface area contributed by atoms with E-state index >= 15 is 0 Å². The first-order valence-corrected chi connectivity index (χ1v) is 7.08. The molecule has 0 saturated carbocycles. The van der Waals surface area contributed by atoms with Crippen LogP contribution in [0.2, 0.25) is 0 Å². The smallest absolute Gasteiger partial charge is 0.241 e. The fourth-order valence-corrected chi connectivity index (χ4v) is 2.80. The number of pyridine rings is 1. The van der Waals surface area contributed by atoms with E-state index in [2.05, 4.69) is 9.71 Å². The summed E-state index contributed by atoms with van der Waals surface area (Å²) >= 11 is 0. The molecule has 0 fully saturated rings. The maximum atomic E-state index is 12.1. The van der Waals surface area contributed by atoms with E-state index < -0.39 is 10.0 Å². The molecule has 3 N–H and O–H groups in total. The SMILES string of the molecule is COCC(NS(=O)(=O)c1ccnc(N)c1)C(C)C. The fourth-order valence-electron chi connectivity index (χ4n) is 1.40. The van der Waals surface area contributed by atoms with Crippen LogP contribution in [0.25, 0.3) is 0 Å². The number of nitrogens with zero attached hydrogens (tertiary/aromatic N) is 1. The monoisotopic (exact) mass is 273 g/mol. The van der Waals surface area contributed by atoms with Gasteiger partial charge in [0.25, 0.3) is 0 Å². The van der Waals surface area contributed by atoms with Gasteiger partial charge in [-0.3, -0.25) is 0 Å². The fraction of sp³-hybridized carbons (Fsp3) is 0.545. The Morgan fingerprint density at radius 2 is 2.17 bits per heavy atom. The predicted octanol–water partition coefficient (Wildman–Crippen LogP) is 0.613. The van der Waals surface area contributed by atoms with Crippen molar-refractivity contribution in [1.82, 2.24) is 9.71 Å². The summed E-state index contributed by atoms with van der Waals surface area (Å²) < 4.78 is 31.9. The molecular weight excluding hydrogens is 254 g/mol. The molecule has 0 aliphatic heterocycles. The van der Waals surface area contributed by atoms with E-state index in [1.165, 1.54) is 25.4 Å². The summed E-state index contributed by atoms with van der Waals surface area (Å²) in [6.07, 6.45) is 1.37. The number of hydrogen-bond acceptors (Lipinski definition) is 5. The third-order valence-corrected chi connectivity index (χ3v) is 4.01. The van der Waals surface area contributed by atoms with Crippen molar-refractivity contribution in [3.63, 3.8) is 0 Å². The molecule has 1 aromatic heterocycles. The van der Waals surface area contributed by atoms with Gasteiger partial charge in [0.05, 0.1) is 11.5 Å². The van der Waals surface area contributed by atoms with Gasteiger partial charge in [-0.15, -0.1) is 0 Å². The van der Waals surface area contributed by atoms with Crippen LogP contribution in [-0.4, -0.2) is 33.2 Å². The Balaban J connectivity index is 2.93. The molecule has 0 amide bonds. The summed E-state index contributed by atoms with van der Waals surface area (Å²) in [6.45, 7) is 4.16. The van der Waals surface area contributed by atoms with E-state index in [0.29, 0.717) is 6.61 Å². The highest BCUT2D eigenvalue weighted by molar-refractivity contribution is 7.89. The molecule has 1 aromatic rings. The topological polar surface area (TPSA) is 94.3 Å². The number of anilines is 1. The number of nitrogen functional groups attached to an aromatic ring is 1. The lowest BCUT2D eigenvalue weighted by atomic mass is 10.1. The van der Waals surface area contributed by atoms with Gasteiger partial charge < -0.3 is 10.5 Å². The molecule has 1 atom stereocenters. The van der Waals surface area contributed by atoms with E-state index in [1.807, 2.05) is 13.8 Å². The molecule has 0 radical (unpaired) electrons. The molecular formula is C11H19N3O3S. The van der Waals surface area contributed by atoms with Crippen molar-refractivity contribution in [2.75, 3.05) is 19.5 Å². The van der Waals surface area contributed by atoms with E-state index in [9.17, 15) is 8.42 Å². The third kappa shape index (κ3) is 3.94. The van der Waals surface area contributed by atoms with Gasteiger partial charge in [0.15, 0.2) is 0 Å². The van der Waals surface area contributed by atoms with Crippen LogP contribution < -0.4 is 10.5 Å². The Hall–Kier alpha value is -1.18. The molecule has 1 rings (SSSR count). The van der Waals surface area contributed by atoms with Crippen LogP contribution in [0.3, 0.4) is 0 Å². The first kappa shape index (κ1) is 14.9. The second-order valence-corrected chi connectivity index (χ2v) is 6.06. The minimum Gasteiger partial charge on any atom is -0.384 e. The van der Waals surface area contributed by atoms with Crippen LogP contribution in [0.15, 0.2) is 23.2 Å². The lowest BCUT2D eigenvalue weighted by Gasteiger charge is -2.21. The average Bonchev–Trinajstić information content (AvgIpc) is 2.28. The summed E-state index contributed by atoms with van der Waals surface area (Å²) in [5.41, 5.74) is 5.48. The molecule has 18 heavy (non-hydrogen) atoms. The van der Waals surface area contributed by atoms with Crippen molar-refractivity contribution in [3.05, 3.63) is 18.3 Å². The van der Waals surface area contributed by atoms with Crippen LogP contribution in [0.1, 0.15) is 13.8 Å². The van der Waals surface area contributed by atoms with Gasteiger partial charge in [-0.1, -0.05) is 13.8 Å². The summed E-state index contributed by atoms with van der Waals surface area (Å²) in [6, 6.07) is 2.45.